The molecule has 0 saturated heterocycles. The Morgan fingerprint density at radius 1 is 1.03 bits per heavy atom. The van der Waals surface area contributed by atoms with Crippen molar-refractivity contribution in [2.24, 2.45) is 0 Å². The number of hydrogen-bond donors (Lipinski definition) is 2. The molecule has 1 aliphatic heterocycles. The molecule has 0 atom stereocenters. The first kappa shape index (κ1) is 21.7. The number of ether oxygens (including phenoxy) is 2. The number of carbonyl (C=O) groups excluding carboxylic acids is 1. The Morgan fingerprint density at radius 3 is 2.56 bits per heavy atom. The lowest BCUT2D eigenvalue weighted by molar-refractivity contribution is -0.111. The first-order valence-corrected chi connectivity index (χ1v) is 11.4. The van der Waals surface area contributed by atoms with Crippen LogP contribution in [-0.4, -0.2) is 21.1 Å². The molecule has 9 heteroatoms. The minimum absolute atomic E-state index is 0.0609. The average Bonchev–Trinajstić information content (AvgIpc) is 3.24. The second-order valence-electron chi connectivity index (χ2n) is 6.98. The molecule has 32 heavy (non-hydrogen) atoms. The van der Waals surface area contributed by atoms with Crippen molar-refractivity contribution >= 4 is 45.0 Å². The minimum atomic E-state index is -3.81. The van der Waals surface area contributed by atoms with Crippen LogP contribution in [0.1, 0.15) is 11.1 Å². The van der Waals surface area contributed by atoms with E-state index in [9.17, 15) is 13.2 Å². The molecule has 0 aromatic heterocycles. The third kappa shape index (κ3) is 4.87. The van der Waals surface area contributed by atoms with E-state index in [1.54, 1.807) is 43.3 Å². The van der Waals surface area contributed by atoms with Gasteiger partial charge in [-0.05, 0) is 72.7 Å². The van der Waals surface area contributed by atoms with Crippen LogP contribution in [0, 0.1) is 6.92 Å². The second kappa shape index (κ2) is 8.94. The van der Waals surface area contributed by atoms with E-state index < -0.39 is 10.0 Å². The fourth-order valence-electron chi connectivity index (χ4n) is 3.01. The Balaban J connectivity index is 1.40. The number of rotatable bonds is 6. The van der Waals surface area contributed by atoms with Crippen molar-refractivity contribution in [1.82, 2.24) is 0 Å². The summed E-state index contributed by atoms with van der Waals surface area (Å²) in [5, 5.41) is 3.16. The van der Waals surface area contributed by atoms with Crippen LogP contribution in [0.2, 0.25) is 5.02 Å². The van der Waals surface area contributed by atoms with Crippen LogP contribution in [0.15, 0.2) is 71.6 Å². The standard InChI is InChI=1S/C23H19ClN2O5S/c1-15-19(24)3-2-4-20(15)26-32(28,29)18-9-7-17(8-10-18)25-23(27)12-6-16-5-11-21-22(13-16)31-14-30-21/h2-13,26H,14H2,1H3,(H,25,27)/b12-6+. The highest BCUT2D eigenvalue weighted by Crippen LogP contribution is 2.32. The van der Waals surface area contributed by atoms with Gasteiger partial charge in [-0.2, -0.15) is 0 Å². The number of amides is 1. The number of sulfonamides is 1. The Labute approximate surface area is 190 Å². The van der Waals surface area contributed by atoms with Crippen molar-refractivity contribution in [3.63, 3.8) is 0 Å². The molecule has 0 aliphatic carbocycles. The lowest BCUT2D eigenvalue weighted by Gasteiger charge is -2.12. The second-order valence-corrected chi connectivity index (χ2v) is 9.07. The highest BCUT2D eigenvalue weighted by molar-refractivity contribution is 7.92. The van der Waals surface area contributed by atoms with Crippen molar-refractivity contribution in [1.29, 1.82) is 0 Å². The summed E-state index contributed by atoms with van der Waals surface area (Å²) in [6.45, 7) is 1.92. The van der Waals surface area contributed by atoms with E-state index in [0.717, 1.165) is 5.56 Å². The van der Waals surface area contributed by atoms with E-state index in [4.69, 9.17) is 21.1 Å². The first-order chi connectivity index (χ1) is 15.3. The number of fused-ring (bicyclic) bond motifs is 1. The number of anilines is 2. The summed E-state index contributed by atoms with van der Waals surface area (Å²) < 4.78 is 38.4. The van der Waals surface area contributed by atoms with Gasteiger partial charge >= 0.3 is 0 Å². The average molecular weight is 471 g/mol. The van der Waals surface area contributed by atoms with Crippen molar-refractivity contribution in [3.8, 4) is 11.5 Å². The van der Waals surface area contributed by atoms with Crippen molar-refractivity contribution in [3.05, 3.63) is 82.9 Å². The van der Waals surface area contributed by atoms with Crippen LogP contribution < -0.4 is 19.5 Å². The van der Waals surface area contributed by atoms with Crippen LogP contribution in [0.4, 0.5) is 11.4 Å². The maximum atomic E-state index is 12.7. The summed E-state index contributed by atoms with van der Waals surface area (Å²) >= 11 is 6.06. The number of halogens is 1. The van der Waals surface area contributed by atoms with Gasteiger partial charge in [0.2, 0.25) is 12.7 Å². The third-order valence-electron chi connectivity index (χ3n) is 4.77. The summed E-state index contributed by atoms with van der Waals surface area (Å²) in [6, 6.07) is 16.2. The number of carbonyl (C=O) groups is 1. The Bertz CT molecular complexity index is 1300. The molecule has 1 amide bonds. The van der Waals surface area contributed by atoms with E-state index >= 15 is 0 Å². The number of hydrogen-bond acceptors (Lipinski definition) is 5. The molecule has 0 spiro atoms. The van der Waals surface area contributed by atoms with Gasteiger partial charge in [-0.25, -0.2) is 8.42 Å². The largest absolute Gasteiger partial charge is 0.454 e. The maximum absolute atomic E-state index is 12.7. The van der Waals surface area contributed by atoms with Crippen LogP contribution in [0.3, 0.4) is 0 Å². The van der Waals surface area contributed by atoms with Gasteiger partial charge in [-0.15, -0.1) is 0 Å². The minimum Gasteiger partial charge on any atom is -0.454 e. The van der Waals surface area contributed by atoms with Gasteiger partial charge in [0.15, 0.2) is 11.5 Å². The summed E-state index contributed by atoms with van der Waals surface area (Å²) in [5.74, 6) is 0.943. The van der Waals surface area contributed by atoms with E-state index in [-0.39, 0.29) is 17.6 Å². The Morgan fingerprint density at radius 2 is 1.78 bits per heavy atom. The zero-order valence-corrected chi connectivity index (χ0v) is 18.5. The predicted octanol–water partition coefficient (Wildman–Crippen LogP) is 4.83. The normalized spacial score (nSPS) is 12.7. The molecule has 1 heterocycles. The molecule has 7 nitrogen and oxygen atoms in total. The maximum Gasteiger partial charge on any atom is 0.261 e. The molecular weight excluding hydrogens is 452 g/mol. The summed E-state index contributed by atoms with van der Waals surface area (Å²) in [5.41, 5.74) is 2.29. The molecule has 164 valence electrons. The molecule has 1 aliphatic rings. The lowest BCUT2D eigenvalue weighted by atomic mass is 10.2. The zero-order valence-electron chi connectivity index (χ0n) is 17.0. The monoisotopic (exact) mass is 470 g/mol. The van der Waals surface area contributed by atoms with Crippen molar-refractivity contribution in [2.75, 3.05) is 16.8 Å². The molecule has 0 bridgehead atoms. The van der Waals surface area contributed by atoms with Crippen LogP contribution in [-0.2, 0) is 14.8 Å². The molecule has 2 N–H and O–H groups in total. The summed E-state index contributed by atoms with van der Waals surface area (Å²) in [4.78, 5) is 12.3. The molecule has 0 fully saturated rings. The van der Waals surface area contributed by atoms with Crippen molar-refractivity contribution in [2.45, 2.75) is 11.8 Å². The summed E-state index contributed by atoms with van der Waals surface area (Å²) in [7, 11) is -3.81. The smallest absolute Gasteiger partial charge is 0.261 e. The van der Waals surface area contributed by atoms with E-state index in [1.807, 2.05) is 6.07 Å². The van der Waals surface area contributed by atoms with E-state index in [1.165, 1.54) is 30.3 Å². The van der Waals surface area contributed by atoms with Gasteiger partial charge in [0.25, 0.3) is 10.0 Å². The van der Waals surface area contributed by atoms with Crippen LogP contribution in [0.5, 0.6) is 11.5 Å². The third-order valence-corrected chi connectivity index (χ3v) is 6.56. The highest BCUT2D eigenvalue weighted by Gasteiger charge is 2.16. The highest BCUT2D eigenvalue weighted by atomic mass is 35.5. The van der Waals surface area contributed by atoms with Gasteiger partial charge in [0.05, 0.1) is 10.6 Å². The number of benzene rings is 3. The van der Waals surface area contributed by atoms with Gasteiger partial charge in [0, 0.05) is 16.8 Å². The summed E-state index contributed by atoms with van der Waals surface area (Å²) in [6.07, 6.45) is 3.03. The molecule has 3 aromatic carbocycles. The predicted molar refractivity (Wildman–Crippen MR) is 124 cm³/mol. The van der Waals surface area contributed by atoms with Gasteiger partial charge < -0.3 is 14.8 Å². The fourth-order valence-corrected chi connectivity index (χ4v) is 4.31. The first-order valence-electron chi connectivity index (χ1n) is 9.58. The Kier molecular flexibility index (Phi) is 6.07. The van der Waals surface area contributed by atoms with E-state index in [2.05, 4.69) is 10.0 Å². The fraction of sp³-hybridized carbons (Fsp3) is 0.0870. The number of nitrogens with one attached hydrogen (secondary N) is 2. The van der Waals surface area contributed by atoms with Gasteiger partial charge in [0.1, 0.15) is 0 Å². The zero-order chi connectivity index (χ0) is 22.7. The lowest BCUT2D eigenvalue weighted by Crippen LogP contribution is -2.14. The van der Waals surface area contributed by atoms with Gasteiger partial charge in [-0.1, -0.05) is 23.7 Å². The topological polar surface area (TPSA) is 93.7 Å². The Hall–Kier alpha value is -3.49. The quantitative estimate of drug-likeness (QED) is 0.503. The van der Waals surface area contributed by atoms with Crippen molar-refractivity contribution < 1.29 is 22.7 Å². The molecular formula is C23H19ClN2O5S. The van der Waals surface area contributed by atoms with E-state index in [0.29, 0.717) is 33.5 Å². The molecule has 4 rings (SSSR count). The van der Waals surface area contributed by atoms with Gasteiger partial charge in [-0.3, -0.25) is 9.52 Å². The molecule has 3 aromatic rings. The molecule has 0 unspecified atom stereocenters. The molecule has 0 radical (unpaired) electrons. The van der Waals surface area contributed by atoms with Crippen LogP contribution in [0.25, 0.3) is 6.08 Å². The van der Waals surface area contributed by atoms with Crippen LogP contribution >= 0.6 is 11.6 Å². The molecule has 0 saturated carbocycles. The SMILES string of the molecule is Cc1c(Cl)cccc1NS(=O)(=O)c1ccc(NC(=O)/C=C/c2ccc3c(c2)OCO3)cc1.